The van der Waals surface area contributed by atoms with E-state index in [4.69, 9.17) is 0 Å². The number of carbonyl (C=O) groups is 4. The van der Waals surface area contributed by atoms with E-state index in [0.29, 0.717) is 35.7 Å². The summed E-state index contributed by atoms with van der Waals surface area (Å²) in [6.07, 6.45) is 3.85. The number of amides is 4. The third-order valence-electron chi connectivity index (χ3n) is 6.74. The first-order chi connectivity index (χ1) is 14.0. The largest absolute Gasteiger partial charge is 0.312 e. The van der Waals surface area contributed by atoms with Crippen LogP contribution in [0.2, 0.25) is 0 Å². The summed E-state index contributed by atoms with van der Waals surface area (Å²) in [5, 5.41) is 9.37. The van der Waals surface area contributed by atoms with Crippen molar-refractivity contribution in [3.63, 3.8) is 0 Å². The molecule has 1 aromatic rings. The topological polar surface area (TPSA) is 108 Å². The van der Waals surface area contributed by atoms with Crippen molar-refractivity contribution in [2.24, 2.45) is 5.92 Å². The number of benzene rings is 1. The van der Waals surface area contributed by atoms with Crippen LogP contribution in [0.3, 0.4) is 0 Å². The summed E-state index contributed by atoms with van der Waals surface area (Å²) >= 11 is 0. The Morgan fingerprint density at radius 1 is 1.07 bits per heavy atom. The summed E-state index contributed by atoms with van der Waals surface area (Å²) in [7, 11) is 0. The molecule has 4 aliphatic heterocycles. The van der Waals surface area contributed by atoms with Gasteiger partial charge >= 0.3 is 0 Å². The molecule has 4 fully saturated rings. The van der Waals surface area contributed by atoms with E-state index in [-0.39, 0.29) is 18.7 Å². The molecule has 152 valence electrons. The molecule has 4 heterocycles. The van der Waals surface area contributed by atoms with E-state index in [1.165, 1.54) is 6.42 Å². The Balaban J connectivity index is 1.36. The molecule has 4 atom stereocenters. The molecule has 8 nitrogen and oxygen atoms in total. The molecular weight excluding hydrogens is 372 g/mol. The van der Waals surface area contributed by atoms with Crippen LogP contribution in [0, 0.1) is 5.92 Å². The Morgan fingerprint density at radius 2 is 1.93 bits per heavy atom. The first kappa shape index (κ1) is 18.4. The van der Waals surface area contributed by atoms with Gasteiger partial charge in [-0.2, -0.15) is 0 Å². The Kier molecular flexibility index (Phi) is 4.48. The molecule has 1 aromatic carbocycles. The van der Waals surface area contributed by atoms with Crippen molar-refractivity contribution in [3.8, 4) is 0 Å². The summed E-state index contributed by atoms with van der Waals surface area (Å²) in [5.41, 5.74) is 1.49. The molecule has 4 unspecified atom stereocenters. The molecule has 1 saturated carbocycles. The molecule has 0 radical (unpaired) electrons. The van der Waals surface area contributed by atoms with Gasteiger partial charge in [-0.3, -0.25) is 29.4 Å². The highest BCUT2D eigenvalue weighted by atomic mass is 16.2. The lowest BCUT2D eigenvalue weighted by atomic mass is 9.78. The van der Waals surface area contributed by atoms with E-state index in [1.54, 1.807) is 12.1 Å². The van der Waals surface area contributed by atoms with E-state index in [0.717, 1.165) is 29.8 Å². The molecular formula is C21H24N4O4. The number of nitrogens with zero attached hydrogens (tertiary/aromatic N) is 1. The number of imide groups is 2. The second kappa shape index (κ2) is 7.03. The maximum atomic E-state index is 13.1. The lowest BCUT2D eigenvalue weighted by molar-refractivity contribution is -0.136. The fourth-order valence-corrected chi connectivity index (χ4v) is 5.20. The number of hydrogen-bond acceptors (Lipinski definition) is 6. The quantitative estimate of drug-likeness (QED) is 0.633. The zero-order valence-electron chi connectivity index (χ0n) is 16.1. The predicted molar refractivity (Wildman–Crippen MR) is 103 cm³/mol. The van der Waals surface area contributed by atoms with Crippen LogP contribution in [0.5, 0.6) is 0 Å². The van der Waals surface area contributed by atoms with Gasteiger partial charge in [0.1, 0.15) is 6.04 Å². The van der Waals surface area contributed by atoms with Crippen molar-refractivity contribution in [3.05, 3.63) is 34.9 Å². The van der Waals surface area contributed by atoms with Crippen LogP contribution < -0.4 is 16.0 Å². The Hall–Kier alpha value is -2.58. The van der Waals surface area contributed by atoms with Crippen LogP contribution >= 0.6 is 0 Å². The maximum Gasteiger partial charge on any atom is 0.262 e. The summed E-state index contributed by atoms with van der Waals surface area (Å²) in [5.74, 6) is -1.16. The van der Waals surface area contributed by atoms with Gasteiger partial charge in [-0.25, -0.2) is 0 Å². The lowest BCUT2D eigenvalue weighted by Gasteiger charge is -2.43. The van der Waals surface area contributed by atoms with E-state index < -0.39 is 23.8 Å². The average molecular weight is 396 g/mol. The molecule has 3 N–H and O–H groups in total. The third kappa shape index (κ3) is 3.07. The number of nitrogens with one attached hydrogen (secondary N) is 3. The van der Waals surface area contributed by atoms with Gasteiger partial charge in [-0.15, -0.1) is 0 Å². The van der Waals surface area contributed by atoms with Crippen molar-refractivity contribution in [2.45, 2.75) is 56.8 Å². The second-order valence-corrected chi connectivity index (χ2v) is 8.47. The normalized spacial score (nSPS) is 31.2. The van der Waals surface area contributed by atoms with Gasteiger partial charge in [-0.05, 0) is 49.8 Å². The SMILES string of the molecule is O=C1CCC(N2C(=O)c3cccc(CNC4CC5CCC4NC5)c3C2=O)C(=O)N1. The minimum Gasteiger partial charge on any atom is -0.312 e. The fraction of sp³-hybridized carbons (Fsp3) is 0.524. The summed E-state index contributed by atoms with van der Waals surface area (Å²) < 4.78 is 0. The highest BCUT2D eigenvalue weighted by molar-refractivity contribution is 6.24. The maximum absolute atomic E-state index is 13.1. The van der Waals surface area contributed by atoms with E-state index in [9.17, 15) is 19.2 Å². The number of rotatable bonds is 4. The first-order valence-electron chi connectivity index (χ1n) is 10.3. The van der Waals surface area contributed by atoms with Crippen LogP contribution in [-0.4, -0.2) is 53.2 Å². The van der Waals surface area contributed by atoms with Gasteiger partial charge in [0.25, 0.3) is 11.8 Å². The third-order valence-corrected chi connectivity index (χ3v) is 6.74. The summed E-state index contributed by atoms with van der Waals surface area (Å²) in [4.78, 5) is 50.7. The van der Waals surface area contributed by atoms with Crippen molar-refractivity contribution in [2.75, 3.05) is 6.54 Å². The van der Waals surface area contributed by atoms with Crippen LogP contribution in [-0.2, 0) is 16.1 Å². The van der Waals surface area contributed by atoms with Gasteiger partial charge in [0.05, 0.1) is 11.1 Å². The minimum absolute atomic E-state index is 0.120. The van der Waals surface area contributed by atoms with Crippen molar-refractivity contribution in [1.29, 1.82) is 0 Å². The number of carbonyl (C=O) groups excluding carboxylic acids is 4. The average Bonchev–Trinajstić information content (AvgIpc) is 2.99. The number of hydrogen-bond donors (Lipinski definition) is 3. The molecule has 29 heavy (non-hydrogen) atoms. The highest BCUT2D eigenvalue weighted by Gasteiger charge is 2.45. The van der Waals surface area contributed by atoms with Gasteiger partial charge < -0.3 is 10.6 Å². The second-order valence-electron chi connectivity index (χ2n) is 8.47. The standard InChI is InChI=1S/C21H24N4O4/c26-17-7-6-16(19(27)24-17)25-20(28)13-3-1-2-12(18(13)21(25)29)10-23-15-8-11-4-5-14(15)22-9-11/h1-3,11,14-16,22-23H,4-10H2,(H,24,26,27). The van der Waals surface area contributed by atoms with Crippen LogP contribution in [0.1, 0.15) is 58.4 Å². The molecule has 1 aliphatic carbocycles. The first-order valence-corrected chi connectivity index (χ1v) is 10.3. The lowest BCUT2D eigenvalue weighted by Crippen LogP contribution is -2.58. The molecule has 2 bridgehead atoms. The van der Waals surface area contributed by atoms with Crippen molar-refractivity contribution in [1.82, 2.24) is 20.9 Å². The Bertz CT molecular complexity index is 906. The molecule has 4 amide bonds. The van der Waals surface area contributed by atoms with E-state index in [2.05, 4.69) is 16.0 Å². The summed E-state index contributed by atoms with van der Waals surface area (Å²) in [6, 6.07) is 5.15. The Morgan fingerprint density at radius 3 is 2.62 bits per heavy atom. The number of fused-ring (bicyclic) bond motifs is 4. The van der Waals surface area contributed by atoms with Gasteiger partial charge in [0.15, 0.2) is 0 Å². The molecule has 3 saturated heterocycles. The highest BCUT2D eigenvalue weighted by Crippen LogP contribution is 2.32. The van der Waals surface area contributed by atoms with E-state index >= 15 is 0 Å². The van der Waals surface area contributed by atoms with Gasteiger partial charge in [-0.1, -0.05) is 12.1 Å². The fourth-order valence-electron chi connectivity index (χ4n) is 5.20. The molecule has 0 aromatic heterocycles. The molecule has 5 aliphatic rings. The minimum atomic E-state index is -0.931. The van der Waals surface area contributed by atoms with Crippen LogP contribution in [0.25, 0.3) is 0 Å². The van der Waals surface area contributed by atoms with Crippen molar-refractivity contribution >= 4 is 23.6 Å². The molecule has 6 rings (SSSR count). The Labute approximate surface area is 168 Å². The monoisotopic (exact) mass is 396 g/mol. The van der Waals surface area contributed by atoms with Crippen LogP contribution in [0.15, 0.2) is 18.2 Å². The van der Waals surface area contributed by atoms with Crippen molar-refractivity contribution < 1.29 is 19.2 Å². The van der Waals surface area contributed by atoms with Gasteiger partial charge in [0.2, 0.25) is 11.8 Å². The van der Waals surface area contributed by atoms with Crippen LogP contribution in [0.4, 0.5) is 0 Å². The molecule has 8 heteroatoms. The summed E-state index contributed by atoms with van der Waals surface area (Å²) in [6.45, 7) is 1.58. The van der Waals surface area contributed by atoms with E-state index in [1.807, 2.05) is 6.07 Å². The molecule has 0 spiro atoms. The van der Waals surface area contributed by atoms with Gasteiger partial charge in [0, 0.05) is 25.0 Å². The smallest absolute Gasteiger partial charge is 0.262 e. The zero-order valence-corrected chi connectivity index (χ0v) is 16.1. The zero-order chi connectivity index (χ0) is 20.1. The number of piperidine rings is 3. The predicted octanol–water partition coefficient (Wildman–Crippen LogP) is 0.318.